The number of aromatic nitrogens is 4. The van der Waals surface area contributed by atoms with Crippen LogP contribution in [0.15, 0.2) is 0 Å². The highest BCUT2D eigenvalue weighted by molar-refractivity contribution is 6.32. The predicted octanol–water partition coefficient (Wildman–Crippen LogP) is 2.03. The van der Waals surface area contributed by atoms with Gasteiger partial charge in [-0.15, -0.1) is 10.2 Å². The van der Waals surface area contributed by atoms with Gasteiger partial charge in [-0.1, -0.05) is 11.6 Å². The van der Waals surface area contributed by atoms with E-state index in [0.717, 1.165) is 30.2 Å². The maximum Gasteiger partial charge on any atom is 0.198 e. The van der Waals surface area contributed by atoms with Crippen LogP contribution in [-0.4, -0.2) is 44.1 Å². The van der Waals surface area contributed by atoms with Crippen LogP contribution in [0.4, 0.5) is 0 Å². The van der Waals surface area contributed by atoms with Gasteiger partial charge in [-0.3, -0.25) is 4.40 Å². The molecule has 0 amide bonds. The Bertz CT molecular complexity index is 601. The smallest absolute Gasteiger partial charge is 0.198 e. The Morgan fingerprint density at radius 3 is 2.63 bits per heavy atom. The van der Waals surface area contributed by atoms with Gasteiger partial charge in [0.05, 0.1) is 5.69 Å². The summed E-state index contributed by atoms with van der Waals surface area (Å²) in [5.74, 6) is 0.979. The van der Waals surface area contributed by atoms with Crippen LogP contribution in [0.25, 0.3) is 5.65 Å². The van der Waals surface area contributed by atoms with E-state index in [1.165, 1.54) is 25.9 Å². The molecule has 1 fully saturated rings. The van der Waals surface area contributed by atoms with Crippen LogP contribution in [0.3, 0.4) is 0 Å². The van der Waals surface area contributed by atoms with Gasteiger partial charge in [0.15, 0.2) is 10.8 Å². The van der Waals surface area contributed by atoms with Crippen molar-refractivity contribution in [1.29, 1.82) is 0 Å². The lowest BCUT2D eigenvalue weighted by atomic mass is 10.3. The van der Waals surface area contributed by atoms with Gasteiger partial charge in [0.25, 0.3) is 0 Å². The van der Waals surface area contributed by atoms with Crippen molar-refractivity contribution in [3.63, 3.8) is 0 Å². The van der Waals surface area contributed by atoms with E-state index in [-0.39, 0.29) is 0 Å². The van der Waals surface area contributed by atoms with Crippen LogP contribution in [0, 0.1) is 13.8 Å². The molecule has 0 radical (unpaired) electrons. The molecule has 2 aromatic heterocycles. The molecule has 0 spiro atoms. The molecule has 102 valence electrons. The first-order valence-electron chi connectivity index (χ1n) is 6.76. The fourth-order valence-electron chi connectivity index (χ4n) is 2.67. The van der Waals surface area contributed by atoms with Gasteiger partial charge < -0.3 is 4.90 Å². The highest BCUT2D eigenvalue weighted by Crippen LogP contribution is 2.19. The molecule has 3 rings (SSSR count). The minimum absolute atomic E-state index is 0.433. The largest absolute Gasteiger partial charge is 0.303 e. The predicted molar refractivity (Wildman–Crippen MR) is 74.6 cm³/mol. The van der Waals surface area contributed by atoms with E-state index in [1.54, 1.807) is 0 Å². The normalized spacial score (nSPS) is 16.6. The zero-order chi connectivity index (χ0) is 13.4. The fraction of sp³-hybridized carbons (Fsp3) is 0.615. The standard InChI is InChI=1S/C13H18ClN5/c1-9-10(2)19-11(5-8-18-6-3-4-7-18)16-17-13(19)12(14)15-9/h3-8H2,1-2H3. The Balaban J connectivity index is 1.91. The Hall–Kier alpha value is -1.20. The van der Waals surface area contributed by atoms with Crippen molar-refractivity contribution >= 4 is 17.2 Å². The van der Waals surface area contributed by atoms with Crippen molar-refractivity contribution in [3.05, 3.63) is 22.4 Å². The van der Waals surface area contributed by atoms with Gasteiger partial charge in [0, 0.05) is 18.7 Å². The molecule has 0 N–H and O–H groups in total. The zero-order valence-electron chi connectivity index (χ0n) is 11.4. The molecule has 1 aliphatic heterocycles. The summed E-state index contributed by atoms with van der Waals surface area (Å²) in [5.41, 5.74) is 2.67. The summed E-state index contributed by atoms with van der Waals surface area (Å²) in [7, 11) is 0. The molecule has 1 saturated heterocycles. The van der Waals surface area contributed by atoms with E-state index in [4.69, 9.17) is 11.6 Å². The third kappa shape index (κ3) is 2.32. The molecule has 2 aromatic rings. The molecule has 6 heteroatoms. The van der Waals surface area contributed by atoms with Gasteiger partial charge in [-0.05, 0) is 39.8 Å². The Kier molecular flexibility index (Phi) is 3.41. The van der Waals surface area contributed by atoms with E-state index >= 15 is 0 Å². The fourth-order valence-corrected chi connectivity index (χ4v) is 2.92. The average molecular weight is 280 g/mol. The van der Waals surface area contributed by atoms with Crippen LogP contribution in [-0.2, 0) is 6.42 Å². The number of nitrogens with zero attached hydrogens (tertiary/aromatic N) is 5. The molecule has 0 atom stereocenters. The lowest BCUT2D eigenvalue weighted by Gasteiger charge is -2.14. The third-order valence-electron chi connectivity index (χ3n) is 3.89. The second-order valence-electron chi connectivity index (χ2n) is 5.15. The third-order valence-corrected chi connectivity index (χ3v) is 4.14. The number of rotatable bonds is 3. The number of hydrogen-bond acceptors (Lipinski definition) is 4. The van der Waals surface area contributed by atoms with Crippen molar-refractivity contribution in [3.8, 4) is 0 Å². The molecule has 19 heavy (non-hydrogen) atoms. The van der Waals surface area contributed by atoms with Crippen LogP contribution < -0.4 is 0 Å². The lowest BCUT2D eigenvalue weighted by Crippen LogP contribution is -2.22. The minimum atomic E-state index is 0.433. The summed E-state index contributed by atoms with van der Waals surface area (Å²) in [6, 6.07) is 0. The van der Waals surface area contributed by atoms with E-state index in [9.17, 15) is 0 Å². The lowest BCUT2D eigenvalue weighted by molar-refractivity contribution is 0.340. The van der Waals surface area contributed by atoms with Crippen LogP contribution >= 0.6 is 11.6 Å². The Morgan fingerprint density at radius 1 is 1.16 bits per heavy atom. The van der Waals surface area contributed by atoms with Crippen molar-refractivity contribution in [2.24, 2.45) is 0 Å². The molecule has 0 saturated carbocycles. The number of halogens is 1. The number of aryl methyl sites for hydroxylation is 2. The monoisotopic (exact) mass is 279 g/mol. The van der Waals surface area contributed by atoms with Crippen LogP contribution in [0.2, 0.25) is 5.15 Å². The van der Waals surface area contributed by atoms with E-state index in [2.05, 4.69) is 20.1 Å². The van der Waals surface area contributed by atoms with E-state index < -0.39 is 0 Å². The van der Waals surface area contributed by atoms with Crippen molar-refractivity contribution in [2.45, 2.75) is 33.1 Å². The topological polar surface area (TPSA) is 46.3 Å². The van der Waals surface area contributed by atoms with Gasteiger partial charge in [0.1, 0.15) is 5.82 Å². The molecule has 3 heterocycles. The van der Waals surface area contributed by atoms with Crippen LogP contribution in [0.1, 0.15) is 30.1 Å². The molecule has 5 nitrogen and oxygen atoms in total. The first-order valence-corrected chi connectivity index (χ1v) is 7.13. The van der Waals surface area contributed by atoms with E-state index in [1.807, 2.05) is 18.2 Å². The first-order chi connectivity index (χ1) is 9.16. The van der Waals surface area contributed by atoms with E-state index in [0.29, 0.717) is 10.8 Å². The summed E-state index contributed by atoms with van der Waals surface area (Å²) in [6.07, 6.45) is 3.53. The summed E-state index contributed by atoms with van der Waals surface area (Å²) < 4.78 is 2.04. The summed E-state index contributed by atoms with van der Waals surface area (Å²) in [4.78, 5) is 6.76. The highest BCUT2D eigenvalue weighted by atomic mass is 35.5. The van der Waals surface area contributed by atoms with Crippen molar-refractivity contribution < 1.29 is 0 Å². The molecule has 0 aromatic carbocycles. The average Bonchev–Trinajstić information content (AvgIpc) is 3.03. The van der Waals surface area contributed by atoms with Gasteiger partial charge in [-0.25, -0.2) is 4.98 Å². The summed E-state index contributed by atoms with van der Waals surface area (Å²) in [5, 5.41) is 8.88. The minimum Gasteiger partial charge on any atom is -0.303 e. The molecule has 1 aliphatic rings. The van der Waals surface area contributed by atoms with Crippen molar-refractivity contribution in [1.82, 2.24) is 24.5 Å². The Labute approximate surface area is 117 Å². The number of fused-ring (bicyclic) bond motifs is 1. The maximum absolute atomic E-state index is 6.13. The molecular formula is C13H18ClN5. The molecule has 0 unspecified atom stereocenters. The number of hydrogen-bond donors (Lipinski definition) is 0. The zero-order valence-corrected chi connectivity index (χ0v) is 12.1. The Morgan fingerprint density at radius 2 is 1.89 bits per heavy atom. The molecule has 0 aliphatic carbocycles. The second-order valence-corrected chi connectivity index (χ2v) is 5.51. The van der Waals surface area contributed by atoms with Crippen molar-refractivity contribution in [2.75, 3.05) is 19.6 Å². The molecular weight excluding hydrogens is 262 g/mol. The number of likely N-dealkylation sites (tertiary alicyclic amines) is 1. The van der Waals surface area contributed by atoms with Gasteiger partial charge in [0.2, 0.25) is 0 Å². The SMILES string of the molecule is Cc1nc(Cl)c2nnc(CCN3CCCC3)n2c1C. The highest BCUT2D eigenvalue weighted by Gasteiger charge is 2.16. The van der Waals surface area contributed by atoms with Crippen LogP contribution in [0.5, 0.6) is 0 Å². The molecule has 0 bridgehead atoms. The first kappa shape index (κ1) is 12.8. The quantitative estimate of drug-likeness (QED) is 0.862. The maximum atomic E-state index is 6.13. The van der Waals surface area contributed by atoms with Gasteiger partial charge >= 0.3 is 0 Å². The summed E-state index contributed by atoms with van der Waals surface area (Å²) in [6.45, 7) is 7.45. The summed E-state index contributed by atoms with van der Waals surface area (Å²) >= 11 is 6.13. The van der Waals surface area contributed by atoms with Gasteiger partial charge in [-0.2, -0.15) is 0 Å². The second kappa shape index (κ2) is 5.06.